The van der Waals surface area contributed by atoms with Crippen molar-refractivity contribution >= 4 is 46.9 Å². The van der Waals surface area contributed by atoms with Gasteiger partial charge in [0, 0.05) is 27.7 Å². The zero-order chi connectivity index (χ0) is 16.9. The van der Waals surface area contributed by atoms with E-state index in [-0.39, 0.29) is 23.3 Å². The molecule has 0 bridgehead atoms. The van der Waals surface area contributed by atoms with Crippen molar-refractivity contribution in [3.05, 3.63) is 0 Å². The minimum atomic E-state index is -0.443. The molecule has 1 aromatic heterocycles. The number of carbonyl (C=O) groups excluding carboxylic acids is 4. The van der Waals surface area contributed by atoms with Crippen molar-refractivity contribution in [3.8, 4) is 0 Å². The topological polar surface area (TPSA) is 142 Å². The predicted molar refractivity (Wildman–Crippen MR) is 79.2 cm³/mol. The molecule has 1 rings (SSSR count). The Balaban J connectivity index is 3.39. The van der Waals surface area contributed by atoms with Gasteiger partial charge in [-0.2, -0.15) is 0 Å². The van der Waals surface area contributed by atoms with E-state index in [9.17, 15) is 19.2 Å². The summed E-state index contributed by atoms with van der Waals surface area (Å²) in [4.78, 5) is 52.8. The Morgan fingerprint density at radius 1 is 0.545 bits per heavy atom. The van der Waals surface area contributed by atoms with Crippen LogP contribution in [-0.4, -0.2) is 33.6 Å². The van der Waals surface area contributed by atoms with Crippen LogP contribution < -0.4 is 21.3 Å². The summed E-state index contributed by atoms with van der Waals surface area (Å²) >= 11 is 0. The van der Waals surface area contributed by atoms with E-state index in [0.29, 0.717) is 0 Å². The SMILES string of the molecule is CC(=O)Nc1nc(NC(C)=O)c(NC(C)=O)nc1NC(C)=O. The van der Waals surface area contributed by atoms with E-state index in [2.05, 4.69) is 31.2 Å². The van der Waals surface area contributed by atoms with Gasteiger partial charge in [0.2, 0.25) is 23.6 Å². The zero-order valence-corrected chi connectivity index (χ0v) is 12.5. The van der Waals surface area contributed by atoms with E-state index < -0.39 is 23.6 Å². The molecule has 0 radical (unpaired) electrons. The Bertz CT molecular complexity index is 536. The Morgan fingerprint density at radius 3 is 0.864 bits per heavy atom. The molecule has 118 valence electrons. The van der Waals surface area contributed by atoms with Gasteiger partial charge in [-0.1, -0.05) is 0 Å². The molecule has 0 atom stereocenters. The first kappa shape index (κ1) is 17.0. The minimum Gasteiger partial charge on any atom is -0.308 e. The molecular weight excluding hydrogens is 292 g/mol. The van der Waals surface area contributed by atoms with Gasteiger partial charge in [-0.05, 0) is 0 Å². The van der Waals surface area contributed by atoms with Crippen molar-refractivity contribution in [1.82, 2.24) is 9.97 Å². The van der Waals surface area contributed by atoms with E-state index in [1.165, 1.54) is 27.7 Å². The van der Waals surface area contributed by atoms with Crippen LogP contribution in [0.2, 0.25) is 0 Å². The number of anilines is 4. The molecule has 1 aromatic rings. The lowest BCUT2D eigenvalue weighted by molar-refractivity contribution is -0.115. The molecule has 0 saturated carbocycles. The van der Waals surface area contributed by atoms with Crippen molar-refractivity contribution in [3.63, 3.8) is 0 Å². The molecule has 0 aliphatic heterocycles. The van der Waals surface area contributed by atoms with E-state index in [0.717, 1.165) is 0 Å². The molecule has 0 saturated heterocycles. The van der Waals surface area contributed by atoms with Crippen LogP contribution in [0.25, 0.3) is 0 Å². The van der Waals surface area contributed by atoms with Crippen LogP contribution in [0, 0.1) is 0 Å². The Kier molecular flexibility index (Phi) is 5.50. The number of nitrogens with zero attached hydrogens (tertiary/aromatic N) is 2. The molecule has 10 heteroatoms. The van der Waals surface area contributed by atoms with Gasteiger partial charge in [0.1, 0.15) is 0 Å². The van der Waals surface area contributed by atoms with Crippen molar-refractivity contribution < 1.29 is 19.2 Å². The Morgan fingerprint density at radius 2 is 0.727 bits per heavy atom. The highest BCUT2D eigenvalue weighted by Crippen LogP contribution is 2.26. The van der Waals surface area contributed by atoms with Gasteiger partial charge < -0.3 is 21.3 Å². The van der Waals surface area contributed by atoms with Crippen LogP contribution in [-0.2, 0) is 19.2 Å². The number of rotatable bonds is 4. The summed E-state index contributed by atoms with van der Waals surface area (Å²) in [7, 11) is 0. The molecule has 22 heavy (non-hydrogen) atoms. The van der Waals surface area contributed by atoms with Crippen molar-refractivity contribution in [2.24, 2.45) is 0 Å². The summed E-state index contributed by atoms with van der Waals surface area (Å²) in [6.07, 6.45) is 0. The van der Waals surface area contributed by atoms with Gasteiger partial charge in [-0.3, -0.25) is 19.2 Å². The lowest BCUT2D eigenvalue weighted by Gasteiger charge is -2.14. The van der Waals surface area contributed by atoms with E-state index >= 15 is 0 Å². The number of nitrogens with one attached hydrogen (secondary N) is 4. The second kappa shape index (κ2) is 7.11. The van der Waals surface area contributed by atoms with Crippen LogP contribution in [0.15, 0.2) is 0 Å². The first-order chi connectivity index (χ1) is 10.2. The van der Waals surface area contributed by atoms with E-state index in [1.807, 2.05) is 0 Å². The quantitative estimate of drug-likeness (QED) is 0.630. The lowest BCUT2D eigenvalue weighted by Crippen LogP contribution is -2.20. The molecule has 0 aromatic carbocycles. The van der Waals surface area contributed by atoms with Crippen molar-refractivity contribution in [2.45, 2.75) is 27.7 Å². The highest BCUT2D eigenvalue weighted by Gasteiger charge is 2.17. The number of carbonyl (C=O) groups is 4. The smallest absolute Gasteiger partial charge is 0.222 e. The van der Waals surface area contributed by atoms with Crippen LogP contribution in [0.4, 0.5) is 23.3 Å². The number of amides is 4. The molecule has 4 amide bonds. The summed E-state index contributed by atoms with van der Waals surface area (Å²) in [6.45, 7) is 5.00. The maximum atomic E-state index is 11.2. The molecular formula is C12H16N6O4. The molecule has 4 N–H and O–H groups in total. The molecule has 0 aliphatic carbocycles. The standard InChI is InChI=1S/C12H16N6O4/c1-5(19)13-9-10(14-6(2)20)18-12(16-8(4)22)11(17-9)15-7(3)21/h1-4H3,(H2,13,15,17,19,21)(H2,14,16,18,20,22). The summed E-state index contributed by atoms with van der Waals surface area (Å²) in [5.41, 5.74) is 0. The predicted octanol–water partition coefficient (Wildman–Crippen LogP) is 0.310. The molecule has 0 spiro atoms. The Labute approximate surface area is 126 Å². The number of hydrogen-bond donors (Lipinski definition) is 4. The van der Waals surface area contributed by atoms with Gasteiger partial charge in [0.05, 0.1) is 0 Å². The van der Waals surface area contributed by atoms with Gasteiger partial charge >= 0.3 is 0 Å². The summed E-state index contributed by atoms with van der Waals surface area (Å²) in [5.74, 6) is -1.99. The monoisotopic (exact) mass is 308 g/mol. The lowest BCUT2D eigenvalue weighted by atomic mass is 10.4. The highest BCUT2D eigenvalue weighted by molar-refractivity contribution is 6.00. The third-order valence-electron chi connectivity index (χ3n) is 2.07. The van der Waals surface area contributed by atoms with Gasteiger partial charge in [0.25, 0.3) is 0 Å². The largest absolute Gasteiger partial charge is 0.308 e. The van der Waals surface area contributed by atoms with Crippen LogP contribution >= 0.6 is 0 Å². The molecule has 0 fully saturated rings. The number of hydrogen-bond acceptors (Lipinski definition) is 6. The van der Waals surface area contributed by atoms with Gasteiger partial charge in [-0.25, -0.2) is 9.97 Å². The first-order valence-electron chi connectivity index (χ1n) is 6.21. The van der Waals surface area contributed by atoms with Crippen LogP contribution in [0.5, 0.6) is 0 Å². The van der Waals surface area contributed by atoms with E-state index in [4.69, 9.17) is 0 Å². The normalized spacial score (nSPS) is 9.64. The van der Waals surface area contributed by atoms with Crippen molar-refractivity contribution in [1.29, 1.82) is 0 Å². The molecule has 10 nitrogen and oxygen atoms in total. The van der Waals surface area contributed by atoms with E-state index in [1.54, 1.807) is 0 Å². The zero-order valence-electron chi connectivity index (χ0n) is 12.5. The maximum absolute atomic E-state index is 11.2. The van der Waals surface area contributed by atoms with Crippen LogP contribution in [0.1, 0.15) is 27.7 Å². The molecule has 0 unspecified atom stereocenters. The summed E-state index contributed by atoms with van der Waals surface area (Å²) < 4.78 is 0. The van der Waals surface area contributed by atoms with Gasteiger partial charge in [0.15, 0.2) is 23.3 Å². The Hall–Kier alpha value is -3.04. The third-order valence-corrected chi connectivity index (χ3v) is 2.07. The summed E-state index contributed by atoms with van der Waals surface area (Å²) in [6, 6.07) is 0. The average Bonchev–Trinajstić information content (AvgIpc) is 2.31. The second-order valence-corrected chi connectivity index (χ2v) is 4.34. The molecule has 0 aliphatic rings. The maximum Gasteiger partial charge on any atom is 0.222 e. The fourth-order valence-corrected chi connectivity index (χ4v) is 1.45. The first-order valence-corrected chi connectivity index (χ1v) is 6.21. The highest BCUT2D eigenvalue weighted by atomic mass is 16.2. The second-order valence-electron chi connectivity index (χ2n) is 4.34. The van der Waals surface area contributed by atoms with Gasteiger partial charge in [-0.15, -0.1) is 0 Å². The van der Waals surface area contributed by atoms with Crippen LogP contribution in [0.3, 0.4) is 0 Å². The van der Waals surface area contributed by atoms with Crippen molar-refractivity contribution in [2.75, 3.05) is 21.3 Å². The number of aromatic nitrogens is 2. The average molecular weight is 308 g/mol. The summed E-state index contributed by atoms with van der Waals surface area (Å²) in [5, 5.41) is 9.53. The third kappa shape index (κ3) is 5.15. The fourth-order valence-electron chi connectivity index (χ4n) is 1.45. The molecule has 1 heterocycles. The fraction of sp³-hybridized carbons (Fsp3) is 0.333. The minimum absolute atomic E-state index is 0.0550.